The van der Waals surface area contributed by atoms with Gasteiger partial charge >= 0.3 is 5.97 Å². The molecule has 0 aliphatic heterocycles. The molecule has 0 saturated heterocycles. The molecule has 2 aromatic carbocycles. The number of H-pyrrole nitrogens is 1. The number of esters is 1. The Morgan fingerprint density at radius 2 is 1.79 bits per heavy atom. The first kappa shape index (κ1) is 20.3. The topological polar surface area (TPSA) is 88.3 Å². The van der Waals surface area contributed by atoms with Crippen molar-refractivity contribution in [3.63, 3.8) is 0 Å². The van der Waals surface area contributed by atoms with Gasteiger partial charge in [0.25, 0.3) is 11.5 Å². The second-order valence-corrected chi connectivity index (χ2v) is 7.17. The fraction of sp³-hybridized carbons (Fsp3) is 0.261. The van der Waals surface area contributed by atoms with Crippen molar-refractivity contribution in [2.24, 2.45) is 0 Å². The lowest BCUT2D eigenvalue weighted by molar-refractivity contribution is -0.124. The van der Waals surface area contributed by atoms with E-state index in [2.05, 4.69) is 48.4 Å². The van der Waals surface area contributed by atoms with E-state index in [1.54, 1.807) is 24.3 Å². The number of nitrogens with one attached hydrogen (secondary N) is 2. The lowest BCUT2D eigenvalue weighted by atomic mass is 10.0. The van der Waals surface area contributed by atoms with E-state index in [4.69, 9.17) is 4.74 Å². The van der Waals surface area contributed by atoms with E-state index in [0.29, 0.717) is 29.7 Å². The van der Waals surface area contributed by atoms with Gasteiger partial charge in [-0.05, 0) is 41.0 Å². The number of rotatable bonds is 7. The van der Waals surface area contributed by atoms with E-state index in [-0.39, 0.29) is 17.2 Å². The molecule has 0 fully saturated rings. The smallest absolute Gasteiger partial charge is 0.355 e. The molecule has 2 N–H and O–H groups in total. The summed E-state index contributed by atoms with van der Waals surface area (Å²) in [7, 11) is 0. The molecule has 0 unspecified atom stereocenters. The zero-order valence-corrected chi connectivity index (χ0v) is 16.5. The Labute approximate surface area is 168 Å². The number of pyridine rings is 1. The Bertz CT molecular complexity index is 1070. The van der Waals surface area contributed by atoms with Crippen molar-refractivity contribution in [1.29, 1.82) is 0 Å². The standard InChI is InChI=1S/C23H24N2O4/c1-15(2)17-9-7-16(8-10-17)11-12-24-21(26)14-29-23(28)20-13-18-5-3-4-6-19(18)22(27)25-20/h3-10,13,15H,11-12,14H2,1-2H3,(H,24,26)(H,25,27). The molecule has 0 aliphatic rings. The summed E-state index contributed by atoms with van der Waals surface area (Å²) in [6.07, 6.45) is 0.691. The quantitative estimate of drug-likeness (QED) is 0.605. The van der Waals surface area contributed by atoms with Gasteiger partial charge in [0.2, 0.25) is 0 Å². The third kappa shape index (κ3) is 5.31. The monoisotopic (exact) mass is 392 g/mol. The summed E-state index contributed by atoms with van der Waals surface area (Å²) in [6, 6.07) is 16.8. The van der Waals surface area contributed by atoms with E-state index in [1.165, 1.54) is 11.6 Å². The van der Waals surface area contributed by atoms with E-state index in [0.717, 1.165) is 5.56 Å². The number of aromatic amines is 1. The molecule has 29 heavy (non-hydrogen) atoms. The van der Waals surface area contributed by atoms with Crippen LogP contribution in [0.1, 0.15) is 41.4 Å². The summed E-state index contributed by atoms with van der Waals surface area (Å²) < 4.78 is 5.02. The third-order valence-electron chi connectivity index (χ3n) is 4.69. The van der Waals surface area contributed by atoms with Crippen molar-refractivity contribution < 1.29 is 14.3 Å². The van der Waals surface area contributed by atoms with Crippen molar-refractivity contribution in [2.45, 2.75) is 26.2 Å². The molecule has 3 aromatic rings. The van der Waals surface area contributed by atoms with Gasteiger partial charge < -0.3 is 15.0 Å². The molecule has 1 aromatic heterocycles. The van der Waals surface area contributed by atoms with Crippen LogP contribution in [0.5, 0.6) is 0 Å². The molecule has 0 spiro atoms. The molecule has 0 radical (unpaired) electrons. The van der Waals surface area contributed by atoms with Gasteiger partial charge in [-0.3, -0.25) is 9.59 Å². The van der Waals surface area contributed by atoms with Crippen molar-refractivity contribution >= 4 is 22.6 Å². The van der Waals surface area contributed by atoms with Crippen molar-refractivity contribution in [3.8, 4) is 0 Å². The van der Waals surface area contributed by atoms with Crippen LogP contribution >= 0.6 is 0 Å². The van der Waals surface area contributed by atoms with Gasteiger partial charge in [0.15, 0.2) is 6.61 Å². The summed E-state index contributed by atoms with van der Waals surface area (Å²) >= 11 is 0. The highest BCUT2D eigenvalue weighted by molar-refractivity contribution is 5.94. The molecule has 1 heterocycles. The molecule has 0 atom stereocenters. The first-order chi connectivity index (χ1) is 13.9. The maximum absolute atomic E-state index is 12.2. The molecule has 6 nitrogen and oxygen atoms in total. The van der Waals surface area contributed by atoms with Crippen LogP contribution in [0.25, 0.3) is 10.8 Å². The van der Waals surface area contributed by atoms with Crippen LogP contribution in [0.2, 0.25) is 0 Å². The number of aromatic nitrogens is 1. The molecule has 3 rings (SSSR count). The molecule has 1 amide bonds. The van der Waals surface area contributed by atoms with Crippen molar-refractivity contribution in [2.75, 3.05) is 13.2 Å². The Morgan fingerprint density at radius 1 is 1.07 bits per heavy atom. The molecular weight excluding hydrogens is 368 g/mol. The van der Waals surface area contributed by atoms with Crippen molar-refractivity contribution in [3.05, 3.63) is 81.8 Å². The van der Waals surface area contributed by atoms with Crippen LogP contribution in [0, 0.1) is 0 Å². The van der Waals surface area contributed by atoms with E-state index >= 15 is 0 Å². The number of ether oxygens (including phenoxy) is 1. The lowest BCUT2D eigenvalue weighted by Gasteiger charge is -2.09. The van der Waals surface area contributed by atoms with Gasteiger partial charge in [0, 0.05) is 11.9 Å². The fourth-order valence-corrected chi connectivity index (χ4v) is 3.00. The highest BCUT2D eigenvalue weighted by atomic mass is 16.5. The minimum Gasteiger partial charge on any atom is -0.451 e. The van der Waals surface area contributed by atoms with E-state index < -0.39 is 12.6 Å². The number of hydrogen-bond acceptors (Lipinski definition) is 4. The SMILES string of the molecule is CC(C)c1ccc(CCNC(=O)COC(=O)c2cc3ccccc3c(=O)[nH]2)cc1. The number of carbonyl (C=O) groups excluding carboxylic acids is 2. The molecule has 150 valence electrons. The Morgan fingerprint density at radius 3 is 2.52 bits per heavy atom. The number of amides is 1. The second-order valence-electron chi connectivity index (χ2n) is 7.17. The fourth-order valence-electron chi connectivity index (χ4n) is 3.00. The van der Waals surface area contributed by atoms with E-state index in [1.807, 2.05) is 0 Å². The van der Waals surface area contributed by atoms with Gasteiger partial charge in [-0.1, -0.05) is 56.3 Å². The maximum Gasteiger partial charge on any atom is 0.355 e. The predicted octanol–water partition coefficient (Wildman–Crippen LogP) is 3.17. The highest BCUT2D eigenvalue weighted by Crippen LogP contribution is 2.14. The summed E-state index contributed by atoms with van der Waals surface area (Å²) in [5, 5.41) is 3.85. The Hall–Kier alpha value is -3.41. The van der Waals surface area contributed by atoms with Gasteiger partial charge in [0.05, 0.1) is 0 Å². The average Bonchev–Trinajstić information content (AvgIpc) is 2.72. The molecule has 0 aliphatic carbocycles. The average molecular weight is 392 g/mol. The zero-order valence-electron chi connectivity index (χ0n) is 16.5. The van der Waals surface area contributed by atoms with Crippen LogP contribution in [0.3, 0.4) is 0 Å². The minimum atomic E-state index is -0.743. The first-order valence-electron chi connectivity index (χ1n) is 9.59. The number of hydrogen-bond donors (Lipinski definition) is 2. The number of fused-ring (bicyclic) bond motifs is 1. The normalized spacial score (nSPS) is 10.9. The number of carbonyl (C=O) groups is 2. The predicted molar refractivity (Wildman–Crippen MR) is 112 cm³/mol. The molecule has 0 bridgehead atoms. The molecule has 0 saturated carbocycles. The van der Waals surface area contributed by atoms with Crippen LogP contribution < -0.4 is 10.9 Å². The van der Waals surface area contributed by atoms with Crippen molar-refractivity contribution in [1.82, 2.24) is 10.3 Å². The van der Waals surface area contributed by atoms with Gasteiger partial charge in [-0.2, -0.15) is 0 Å². The minimum absolute atomic E-state index is 0.0201. The zero-order chi connectivity index (χ0) is 20.8. The van der Waals surface area contributed by atoms with Crippen LogP contribution in [-0.2, 0) is 16.0 Å². The lowest BCUT2D eigenvalue weighted by Crippen LogP contribution is -2.30. The highest BCUT2D eigenvalue weighted by Gasteiger charge is 2.13. The second kappa shape index (κ2) is 9.19. The van der Waals surface area contributed by atoms with Crippen LogP contribution in [0.4, 0.5) is 0 Å². The number of benzene rings is 2. The summed E-state index contributed by atoms with van der Waals surface area (Å²) in [4.78, 5) is 38.6. The first-order valence-corrected chi connectivity index (χ1v) is 9.59. The summed E-state index contributed by atoms with van der Waals surface area (Å²) in [6.45, 7) is 4.33. The van der Waals surface area contributed by atoms with E-state index in [9.17, 15) is 14.4 Å². The van der Waals surface area contributed by atoms with Gasteiger partial charge in [0.1, 0.15) is 5.69 Å². The summed E-state index contributed by atoms with van der Waals surface area (Å²) in [5.41, 5.74) is 2.05. The van der Waals surface area contributed by atoms with Crippen LogP contribution in [-0.4, -0.2) is 30.0 Å². The largest absolute Gasteiger partial charge is 0.451 e. The third-order valence-corrected chi connectivity index (χ3v) is 4.69. The Kier molecular flexibility index (Phi) is 6.44. The van der Waals surface area contributed by atoms with Gasteiger partial charge in [-0.15, -0.1) is 0 Å². The Balaban J connectivity index is 1.48. The molecule has 6 heteroatoms. The van der Waals surface area contributed by atoms with Gasteiger partial charge in [-0.25, -0.2) is 4.79 Å². The maximum atomic E-state index is 12.2. The molecular formula is C23H24N2O4. The summed E-state index contributed by atoms with van der Waals surface area (Å²) in [5.74, 6) is -0.649. The van der Waals surface area contributed by atoms with Crippen LogP contribution in [0.15, 0.2) is 59.4 Å².